The minimum atomic E-state index is -3.92. The Hall–Kier alpha value is -2.08. The van der Waals surface area contributed by atoms with Crippen molar-refractivity contribution in [1.82, 2.24) is 0 Å². The SMILES string of the molecule is O=S(=O)(Nc1ccc2c(c1)NCCC2)c1ccccc1F. The van der Waals surface area contributed by atoms with Crippen molar-refractivity contribution in [2.24, 2.45) is 0 Å². The minimum absolute atomic E-state index is 0.351. The fraction of sp³-hybridized carbons (Fsp3) is 0.200. The summed E-state index contributed by atoms with van der Waals surface area (Å²) in [5.41, 5.74) is 2.51. The molecule has 2 aromatic rings. The Morgan fingerprint density at radius 1 is 1.14 bits per heavy atom. The van der Waals surface area contributed by atoms with E-state index in [9.17, 15) is 12.8 Å². The summed E-state index contributed by atoms with van der Waals surface area (Å²) in [6.45, 7) is 0.872. The number of halogens is 1. The van der Waals surface area contributed by atoms with Crippen LogP contribution in [0.15, 0.2) is 47.4 Å². The van der Waals surface area contributed by atoms with Gasteiger partial charge in [-0.25, -0.2) is 12.8 Å². The molecule has 0 atom stereocenters. The van der Waals surface area contributed by atoms with E-state index in [-0.39, 0.29) is 4.90 Å². The number of hydrogen-bond acceptors (Lipinski definition) is 3. The van der Waals surface area contributed by atoms with Crippen LogP contribution in [0.3, 0.4) is 0 Å². The van der Waals surface area contributed by atoms with Crippen LogP contribution in [0.2, 0.25) is 0 Å². The molecule has 0 spiro atoms. The smallest absolute Gasteiger partial charge is 0.264 e. The molecule has 0 saturated heterocycles. The van der Waals surface area contributed by atoms with Gasteiger partial charge in [-0.2, -0.15) is 0 Å². The Morgan fingerprint density at radius 3 is 2.76 bits per heavy atom. The van der Waals surface area contributed by atoms with E-state index in [2.05, 4.69) is 10.0 Å². The molecule has 21 heavy (non-hydrogen) atoms. The van der Waals surface area contributed by atoms with E-state index in [1.165, 1.54) is 18.2 Å². The first kappa shape index (κ1) is 13.9. The van der Waals surface area contributed by atoms with E-state index < -0.39 is 15.8 Å². The lowest BCUT2D eigenvalue weighted by atomic mass is 10.0. The zero-order chi connectivity index (χ0) is 14.9. The summed E-state index contributed by atoms with van der Waals surface area (Å²) in [7, 11) is -3.92. The highest BCUT2D eigenvalue weighted by Crippen LogP contribution is 2.27. The van der Waals surface area contributed by atoms with Gasteiger partial charge in [-0.15, -0.1) is 0 Å². The summed E-state index contributed by atoms with van der Waals surface area (Å²) in [5, 5.41) is 3.23. The molecule has 0 amide bonds. The van der Waals surface area contributed by atoms with E-state index in [1.54, 1.807) is 12.1 Å². The third-order valence-electron chi connectivity index (χ3n) is 3.43. The molecule has 0 aromatic heterocycles. The molecule has 4 nitrogen and oxygen atoms in total. The molecule has 0 aliphatic carbocycles. The highest BCUT2D eigenvalue weighted by molar-refractivity contribution is 7.92. The average molecular weight is 306 g/mol. The standard InChI is InChI=1S/C15H15FN2O2S/c16-13-5-1-2-6-15(13)21(19,20)18-12-8-7-11-4-3-9-17-14(11)10-12/h1-2,5-8,10,17-18H,3-4,9H2. The highest BCUT2D eigenvalue weighted by Gasteiger charge is 2.19. The van der Waals surface area contributed by atoms with Crippen molar-refractivity contribution in [3.8, 4) is 0 Å². The van der Waals surface area contributed by atoms with Crippen LogP contribution < -0.4 is 10.0 Å². The van der Waals surface area contributed by atoms with Gasteiger partial charge in [0.25, 0.3) is 10.0 Å². The van der Waals surface area contributed by atoms with E-state index in [4.69, 9.17) is 0 Å². The van der Waals surface area contributed by atoms with Crippen LogP contribution in [0, 0.1) is 5.82 Å². The Kier molecular flexibility index (Phi) is 3.55. The number of benzene rings is 2. The summed E-state index contributed by atoms with van der Waals surface area (Å²) in [6.07, 6.45) is 2.04. The maximum Gasteiger partial charge on any atom is 0.264 e. The molecule has 0 unspecified atom stereocenters. The third-order valence-corrected chi connectivity index (χ3v) is 4.84. The van der Waals surface area contributed by atoms with Gasteiger partial charge in [0.1, 0.15) is 10.7 Å². The van der Waals surface area contributed by atoms with Gasteiger partial charge in [0, 0.05) is 12.2 Å². The van der Waals surface area contributed by atoms with Crippen molar-refractivity contribution in [2.75, 3.05) is 16.6 Å². The summed E-state index contributed by atoms with van der Waals surface area (Å²) in [5.74, 6) is -0.763. The molecule has 0 radical (unpaired) electrons. The Bertz CT molecular complexity index is 775. The van der Waals surface area contributed by atoms with Crippen molar-refractivity contribution in [1.29, 1.82) is 0 Å². The number of hydrogen-bond donors (Lipinski definition) is 2. The largest absolute Gasteiger partial charge is 0.385 e. The molecule has 110 valence electrons. The first-order valence-corrected chi connectivity index (χ1v) is 8.19. The predicted octanol–water partition coefficient (Wildman–Crippen LogP) is 2.98. The molecule has 3 rings (SSSR count). The minimum Gasteiger partial charge on any atom is -0.385 e. The van der Waals surface area contributed by atoms with Crippen molar-refractivity contribution >= 4 is 21.4 Å². The van der Waals surface area contributed by atoms with Crippen LogP contribution >= 0.6 is 0 Å². The molecular formula is C15H15FN2O2S. The molecule has 0 bridgehead atoms. The lowest BCUT2D eigenvalue weighted by Gasteiger charge is -2.19. The van der Waals surface area contributed by atoms with Gasteiger partial charge in [-0.1, -0.05) is 18.2 Å². The van der Waals surface area contributed by atoms with Gasteiger partial charge in [-0.05, 0) is 42.7 Å². The molecule has 1 heterocycles. The van der Waals surface area contributed by atoms with Crippen LogP contribution in [-0.2, 0) is 16.4 Å². The maximum absolute atomic E-state index is 13.6. The number of anilines is 2. The second kappa shape index (κ2) is 5.37. The van der Waals surface area contributed by atoms with Crippen molar-refractivity contribution in [3.63, 3.8) is 0 Å². The topological polar surface area (TPSA) is 58.2 Å². The van der Waals surface area contributed by atoms with Gasteiger partial charge in [0.05, 0.1) is 5.69 Å². The molecule has 0 fully saturated rings. The van der Waals surface area contributed by atoms with E-state index >= 15 is 0 Å². The van der Waals surface area contributed by atoms with Crippen molar-refractivity contribution < 1.29 is 12.8 Å². The Labute approximate surface area is 123 Å². The molecule has 1 aliphatic rings. The van der Waals surface area contributed by atoms with Crippen LogP contribution in [0.1, 0.15) is 12.0 Å². The van der Waals surface area contributed by atoms with Gasteiger partial charge in [-0.3, -0.25) is 4.72 Å². The summed E-state index contributed by atoms with van der Waals surface area (Å²) in [6, 6.07) is 10.7. The zero-order valence-corrected chi connectivity index (χ0v) is 12.1. The number of rotatable bonds is 3. The second-order valence-corrected chi connectivity index (χ2v) is 6.59. The van der Waals surface area contributed by atoms with Crippen molar-refractivity contribution in [2.45, 2.75) is 17.7 Å². The monoisotopic (exact) mass is 306 g/mol. The van der Waals surface area contributed by atoms with Crippen LogP contribution in [0.25, 0.3) is 0 Å². The Balaban J connectivity index is 1.91. The Morgan fingerprint density at radius 2 is 1.95 bits per heavy atom. The third kappa shape index (κ3) is 2.85. The lowest BCUT2D eigenvalue weighted by molar-refractivity contribution is 0.570. The van der Waals surface area contributed by atoms with Crippen LogP contribution in [0.4, 0.5) is 15.8 Å². The summed E-state index contributed by atoms with van der Waals surface area (Å²) in [4.78, 5) is -0.351. The summed E-state index contributed by atoms with van der Waals surface area (Å²) >= 11 is 0. The normalized spacial score (nSPS) is 14.1. The molecule has 2 aromatic carbocycles. The predicted molar refractivity (Wildman–Crippen MR) is 80.5 cm³/mol. The van der Waals surface area contributed by atoms with Crippen molar-refractivity contribution in [3.05, 3.63) is 53.8 Å². The number of fused-ring (bicyclic) bond motifs is 1. The number of nitrogens with one attached hydrogen (secondary N) is 2. The highest BCUT2D eigenvalue weighted by atomic mass is 32.2. The molecule has 2 N–H and O–H groups in total. The lowest BCUT2D eigenvalue weighted by Crippen LogP contribution is -2.16. The fourth-order valence-electron chi connectivity index (χ4n) is 2.40. The quantitative estimate of drug-likeness (QED) is 0.916. The number of aryl methyl sites for hydroxylation is 1. The van der Waals surface area contributed by atoms with Gasteiger partial charge in [0.15, 0.2) is 0 Å². The fourth-order valence-corrected chi connectivity index (χ4v) is 3.53. The van der Waals surface area contributed by atoms with E-state index in [0.29, 0.717) is 5.69 Å². The van der Waals surface area contributed by atoms with E-state index in [0.717, 1.165) is 36.7 Å². The molecule has 0 saturated carbocycles. The van der Waals surface area contributed by atoms with Crippen LogP contribution in [0.5, 0.6) is 0 Å². The molecule has 1 aliphatic heterocycles. The van der Waals surface area contributed by atoms with Gasteiger partial charge >= 0.3 is 0 Å². The molecular weight excluding hydrogens is 291 g/mol. The summed E-state index contributed by atoms with van der Waals surface area (Å²) < 4.78 is 40.5. The maximum atomic E-state index is 13.6. The van der Waals surface area contributed by atoms with Gasteiger partial charge in [0.2, 0.25) is 0 Å². The zero-order valence-electron chi connectivity index (χ0n) is 11.3. The first-order valence-electron chi connectivity index (χ1n) is 6.70. The number of sulfonamides is 1. The second-order valence-electron chi connectivity index (χ2n) is 4.94. The average Bonchev–Trinajstić information content (AvgIpc) is 2.47. The van der Waals surface area contributed by atoms with Crippen LogP contribution in [-0.4, -0.2) is 15.0 Å². The molecule has 6 heteroatoms. The first-order chi connectivity index (χ1) is 10.1. The van der Waals surface area contributed by atoms with E-state index in [1.807, 2.05) is 6.07 Å². The van der Waals surface area contributed by atoms with Gasteiger partial charge < -0.3 is 5.32 Å².